The van der Waals surface area contributed by atoms with Gasteiger partial charge < -0.3 is 4.52 Å². The van der Waals surface area contributed by atoms with Gasteiger partial charge in [-0.25, -0.2) is 0 Å². The molecule has 5 aromatic rings. The van der Waals surface area contributed by atoms with E-state index in [0.717, 1.165) is 11.7 Å². The summed E-state index contributed by atoms with van der Waals surface area (Å²) in [6.45, 7) is 1.81. The molecular weight excluding hydrogens is 411 g/mol. The summed E-state index contributed by atoms with van der Waals surface area (Å²) in [6, 6.07) is 41.5. The molecule has 0 bridgehead atoms. The van der Waals surface area contributed by atoms with Crippen molar-refractivity contribution in [3.8, 4) is 11.4 Å². The second-order valence-electron chi connectivity index (χ2n) is 7.81. The van der Waals surface area contributed by atoms with E-state index in [2.05, 4.69) is 125 Å². The molecular formula is C28H24N2OP+. The summed E-state index contributed by atoms with van der Waals surface area (Å²) in [5, 5.41) is 8.21. The monoisotopic (exact) mass is 435 g/mol. The van der Waals surface area contributed by atoms with Gasteiger partial charge in [-0.15, -0.1) is 0 Å². The molecule has 156 valence electrons. The molecule has 0 radical (unpaired) electrons. The Hall–Kier alpha value is -3.55. The second-order valence-corrected chi connectivity index (χ2v) is 11.3. The number of nitrogens with zero attached hydrogens (tertiary/aromatic N) is 2. The van der Waals surface area contributed by atoms with E-state index in [1.807, 2.05) is 6.92 Å². The Labute approximate surface area is 189 Å². The van der Waals surface area contributed by atoms with Crippen LogP contribution in [-0.4, -0.2) is 10.1 Å². The Kier molecular flexibility index (Phi) is 5.66. The van der Waals surface area contributed by atoms with Gasteiger partial charge in [0.1, 0.15) is 23.2 Å². The van der Waals surface area contributed by atoms with Gasteiger partial charge in [0.15, 0.2) is 0 Å². The van der Waals surface area contributed by atoms with Crippen LogP contribution in [0.1, 0.15) is 11.5 Å². The van der Waals surface area contributed by atoms with Crippen molar-refractivity contribution in [1.29, 1.82) is 0 Å². The molecule has 0 spiro atoms. The van der Waals surface area contributed by atoms with Crippen LogP contribution in [0.15, 0.2) is 120 Å². The van der Waals surface area contributed by atoms with Crippen molar-refractivity contribution in [2.45, 2.75) is 13.1 Å². The summed E-state index contributed by atoms with van der Waals surface area (Å²) in [4.78, 5) is 4.36. The number of benzene rings is 4. The van der Waals surface area contributed by atoms with Gasteiger partial charge in [0.2, 0.25) is 11.7 Å². The summed E-state index contributed by atoms with van der Waals surface area (Å²) < 4.78 is 5.15. The summed E-state index contributed by atoms with van der Waals surface area (Å²) in [5.41, 5.74) is 2.26. The lowest BCUT2D eigenvalue weighted by Gasteiger charge is -2.27. The minimum absolute atomic E-state index is 0.575. The lowest BCUT2D eigenvalue weighted by Crippen LogP contribution is -2.32. The number of rotatable bonds is 6. The van der Waals surface area contributed by atoms with Gasteiger partial charge in [0.05, 0.1) is 6.16 Å². The van der Waals surface area contributed by atoms with Gasteiger partial charge in [-0.05, 0) is 42.0 Å². The van der Waals surface area contributed by atoms with Crippen LogP contribution in [0.2, 0.25) is 0 Å². The zero-order valence-electron chi connectivity index (χ0n) is 17.9. The van der Waals surface area contributed by atoms with Crippen molar-refractivity contribution in [1.82, 2.24) is 10.1 Å². The Morgan fingerprint density at radius 2 is 1.09 bits per heavy atom. The summed E-state index contributed by atoms with van der Waals surface area (Å²) in [6.07, 6.45) is 0.941. The highest BCUT2D eigenvalue weighted by Gasteiger charge is 2.45. The van der Waals surface area contributed by atoms with Gasteiger partial charge >= 0.3 is 0 Å². The van der Waals surface area contributed by atoms with Crippen molar-refractivity contribution < 1.29 is 4.52 Å². The fourth-order valence-electron chi connectivity index (χ4n) is 4.22. The van der Waals surface area contributed by atoms with Crippen LogP contribution in [0.5, 0.6) is 0 Å². The molecule has 0 aliphatic rings. The third kappa shape index (κ3) is 3.88. The molecule has 0 aliphatic carbocycles. The van der Waals surface area contributed by atoms with Crippen molar-refractivity contribution in [2.75, 3.05) is 0 Å². The third-order valence-electron chi connectivity index (χ3n) is 5.75. The van der Waals surface area contributed by atoms with E-state index in [0.29, 0.717) is 11.7 Å². The average Bonchev–Trinajstić information content (AvgIpc) is 3.31. The molecule has 32 heavy (non-hydrogen) atoms. The largest absolute Gasteiger partial charge is 0.339 e. The second kappa shape index (κ2) is 8.90. The van der Waals surface area contributed by atoms with E-state index >= 15 is 0 Å². The molecule has 0 aliphatic heterocycles. The average molecular weight is 435 g/mol. The van der Waals surface area contributed by atoms with E-state index in [1.54, 1.807) is 0 Å². The van der Waals surface area contributed by atoms with Crippen LogP contribution in [0.3, 0.4) is 0 Å². The Morgan fingerprint density at radius 3 is 1.50 bits per heavy atom. The Morgan fingerprint density at radius 1 is 0.625 bits per heavy atom. The van der Waals surface area contributed by atoms with Crippen LogP contribution in [-0.2, 0) is 6.16 Å². The number of hydrogen-bond acceptors (Lipinski definition) is 3. The highest BCUT2D eigenvalue weighted by atomic mass is 31.2. The van der Waals surface area contributed by atoms with Gasteiger partial charge in [-0.1, -0.05) is 84.0 Å². The predicted octanol–water partition coefficient (Wildman–Crippen LogP) is 5.54. The molecule has 0 atom stereocenters. The molecule has 1 aromatic heterocycles. The van der Waals surface area contributed by atoms with E-state index < -0.39 is 7.26 Å². The normalized spacial score (nSPS) is 11.4. The summed E-state index contributed by atoms with van der Waals surface area (Å²) >= 11 is 0. The zero-order chi connectivity index (χ0) is 21.8. The van der Waals surface area contributed by atoms with Crippen molar-refractivity contribution >= 4 is 23.2 Å². The van der Waals surface area contributed by atoms with Crippen LogP contribution in [0, 0.1) is 6.92 Å². The van der Waals surface area contributed by atoms with Crippen LogP contribution in [0.25, 0.3) is 11.4 Å². The standard InChI is InChI=1S/C28H24N2OP/c1-22-29-28(30-31-22)24-19-17-23(18-20-24)21-32(25-11-5-2-6-12-25,26-13-7-3-8-14-26)27-15-9-4-10-16-27/h2-20H,21H2,1H3/q+1. The van der Waals surface area contributed by atoms with Crippen molar-refractivity contribution in [3.63, 3.8) is 0 Å². The molecule has 4 aromatic carbocycles. The molecule has 1 heterocycles. The van der Waals surface area contributed by atoms with E-state index in [9.17, 15) is 0 Å². The van der Waals surface area contributed by atoms with E-state index in [1.165, 1.54) is 21.5 Å². The summed E-state index contributed by atoms with van der Waals surface area (Å²) in [5.74, 6) is 1.20. The fraction of sp³-hybridized carbons (Fsp3) is 0.0714. The molecule has 0 amide bonds. The molecule has 5 rings (SSSR count). The van der Waals surface area contributed by atoms with Gasteiger partial charge in [-0.3, -0.25) is 0 Å². The smallest absolute Gasteiger partial charge is 0.223 e. The van der Waals surface area contributed by atoms with Crippen molar-refractivity contribution in [2.24, 2.45) is 0 Å². The first-order valence-electron chi connectivity index (χ1n) is 10.7. The van der Waals surface area contributed by atoms with Crippen LogP contribution < -0.4 is 15.9 Å². The molecule has 0 saturated heterocycles. The first kappa shape index (κ1) is 20.4. The summed E-state index contributed by atoms with van der Waals surface area (Å²) in [7, 11) is -1.91. The maximum absolute atomic E-state index is 5.15. The lowest BCUT2D eigenvalue weighted by molar-refractivity contribution is 0.394. The molecule has 3 nitrogen and oxygen atoms in total. The van der Waals surface area contributed by atoms with E-state index in [-0.39, 0.29) is 0 Å². The molecule has 0 saturated carbocycles. The van der Waals surface area contributed by atoms with Gasteiger partial charge in [0, 0.05) is 12.5 Å². The quantitative estimate of drug-likeness (QED) is 0.329. The highest BCUT2D eigenvalue weighted by Crippen LogP contribution is 2.58. The maximum Gasteiger partial charge on any atom is 0.223 e. The van der Waals surface area contributed by atoms with Crippen molar-refractivity contribution in [3.05, 3.63) is 127 Å². The highest BCUT2D eigenvalue weighted by molar-refractivity contribution is 7.95. The topological polar surface area (TPSA) is 38.9 Å². The Balaban J connectivity index is 1.65. The van der Waals surface area contributed by atoms with E-state index in [4.69, 9.17) is 4.52 Å². The number of aryl methyl sites for hydroxylation is 1. The van der Waals surface area contributed by atoms with Crippen LogP contribution in [0.4, 0.5) is 0 Å². The van der Waals surface area contributed by atoms with Gasteiger partial charge in [-0.2, -0.15) is 4.98 Å². The molecule has 0 N–H and O–H groups in total. The van der Waals surface area contributed by atoms with Crippen LogP contribution >= 0.6 is 7.26 Å². The zero-order valence-corrected chi connectivity index (χ0v) is 18.8. The maximum atomic E-state index is 5.15. The Bertz CT molecular complexity index is 1190. The van der Waals surface area contributed by atoms with Gasteiger partial charge in [0.25, 0.3) is 0 Å². The third-order valence-corrected chi connectivity index (χ3v) is 10.1. The first-order valence-corrected chi connectivity index (χ1v) is 12.7. The predicted molar refractivity (Wildman–Crippen MR) is 133 cm³/mol. The SMILES string of the molecule is Cc1nc(-c2ccc(C[P+](c3ccccc3)(c3ccccc3)c3ccccc3)cc2)no1. The number of aromatic nitrogens is 2. The minimum Gasteiger partial charge on any atom is -0.339 e. The fourth-order valence-corrected chi connectivity index (χ4v) is 8.46. The minimum atomic E-state index is -1.91. The first-order chi connectivity index (χ1) is 15.8. The molecule has 0 unspecified atom stereocenters. The molecule has 4 heteroatoms. The lowest BCUT2D eigenvalue weighted by atomic mass is 10.1. The molecule has 0 fully saturated rings. The number of hydrogen-bond donors (Lipinski definition) is 0.